The lowest BCUT2D eigenvalue weighted by atomic mass is 9.89. The Morgan fingerprint density at radius 2 is 1.76 bits per heavy atom. The van der Waals surface area contributed by atoms with Gasteiger partial charge in [0, 0.05) is 25.2 Å². The molecule has 0 spiro atoms. The molecule has 1 aromatic rings. The molecule has 94 valence electrons. The van der Waals surface area contributed by atoms with E-state index >= 15 is 0 Å². The van der Waals surface area contributed by atoms with E-state index in [-0.39, 0.29) is 0 Å². The Labute approximate surface area is 110 Å². The van der Waals surface area contributed by atoms with E-state index in [1.165, 1.54) is 49.9 Å². The molecule has 1 nitrogen and oxygen atoms in total. The van der Waals surface area contributed by atoms with E-state index in [0.717, 1.165) is 5.92 Å². The fraction of sp³-hybridized carbons (Fsp3) is 0.600. The Bertz CT molecular complexity index is 327. The molecule has 2 rings (SSSR count). The molecule has 0 amide bonds. The molecule has 1 saturated carbocycles. The van der Waals surface area contributed by atoms with E-state index in [0.29, 0.717) is 5.88 Å². The second-order valence-corrected chi connectivity index (χ2v) is 5.45. The van der Waals surface area contributed by atoms with Crippen LogP contribution in [0.2, 0.25) is 0 Å². The molecule has 2 heteroatoms. The van der Waals surface area contributed by atoms with Gasteiger partial charge in [0.25, 0.3) is 0 Å². The molecule has 0 aromatic heterocycles. The average molecular weight is 252 g/mol. The topological polar surface area (TPSA) is 3.24 Å². The zero-order valence-electron chi connectivity index (χ0n) is 10.7. The maximum absolute atomic E-state index is 5.80. The van der Waals surface area contributed by atoms with E-state index in [1.54, 1.807) is 0 Å². The van der Waals surface area contributed by atoms with Crippen molar-refractivity contribution in [3.05, 3.63) is 29.8 Å². The lowest BCUT2D eigenvalue weighted by Gasteiger charge is -2.28. The number of anilines is 1. The lowest BCUT2D eigenvalue weighted by Crippen LogP contribution is -2.26. The zero-order valence-corrected chi connectivity index (χ0v) is 11.4. The van der Waals surface area contributed by atoms with Gasteiger partial charge in [-0.25, -0.2) is 0 Å². The van der Waals surface area contributed by atoms with E-state index in [4.69, 9.17) is 11.6 Å². The van der Waals surface area contributed by atoms with Crippen molar-refractivity contribution in [1.29, 1.82) is 0 Å². The van der Waals surface area contributed by atoms with Crippen molar-refractivity contribution in [3.63, 3.8) is 0 Å². The van der Waals surface area contributed by atoms with Crippen LogP contribution in [0, 0.1) is 5.92 Å². The highest BCUT2D eigenvalue weighted by atomic mass is 35.5. The van der Waals surface area contributed by atoms with Crippen LogP contribution in [0.1, 0.15) is 37.7 Å². The van der Waals surface area contributed by atoms with E-state index in [2.05, 4.69) is 36.2 Å². The van der Waals surface area contributed by atoms with Crippen molar-refractivity contribution >= 4 is 17.3 Å². The zero-order chi connectivity index (χ0) is 12.1. The molecule has 1 aliphatic rings. The molecule has 0 N–H and O–H groups in total. The molecule has 0 saturated heterocycles. The molecule has 0 atom stereocenters. The molecule has 1 aliphatic carbocycles. The predicted octanol–water partition coefficient (Wildman–Crippen LogP) is 4.44. The van der Waals surface area contributed by atoms with Crippen LogP contribution in [0.5, 0.6) is 0 Å². The molecule has 1 fully saturated rings. The third-order valence-corrected chi connectivity index (χ3v) is 4.10. The highest BCUT2D eigenvalue weighted by Gasteiger charge is 2.15. The summed E-state index contributed by atoms with van der Waals surface area (Å²) < 4.78 is 0. The highest BCUT2D eigenvalue weighted by molar-refractivity contribution is 6.17. The van der Waals surface area contributed by atoms with Crippen LogP contribution in [-0.2, 0) is 5.88 Å². The van der Waals surface area contributed by atoms with Gasteiger partial charge in [-0.2, -0.15) is 0 Å². The first-order valence-corrected chi connectivity index (χ1v) is 7.19. The molecule has 0 bridgehead atoms. The largest absolute Gasteiger partial charge is 0.374 e. The molecular weight excluding hydrogens is 230 g/mol. The number of alkyl halides is 1. The molecule has 17 heavy (non-hydrogen) atoms. The summed E-state index contributed by atoms with van der Waals surface area (Å²) in [4.78, 5) is 2.38. The van der Waals surface area contributed by atoms with Gasteiger partial charge in [-0.1, -0.05) is 31.4 Å². The number of halogens is 1. The number of nitrogens with zero attached hydrogens (tertiary/aromatic N) is 1. The van der Waals surface area contributed by atoms with Gasteiger partial charge >= 0.3 is 0 Å². The van der Waals surface area contributed by atoms with Gasteiger partial charge in [0.1, 0.15) is 0 Å². The van der Waals surface area contributed by atoms with Crippen molar-refractivity contribution < 1.29 is 0 Å². The summed E-state index contributed by atoms with van der Waals surface area (Å²) in [7, 11) is 2.20. The van der Waals surface area contributed by atoms with E-state index in [9.17, 15) is 0 Å². The average Bonchev–Trinajstić information content (AvgIpc) is 2.40. The van der Waals surface area contributed by atoms with Gasteiger partial charge in [0.15, 0.2) is 0 Å². The normalized spacial score (nSPS) is 17.1. The van der Waals surface area contributed by atoms with Gasteiger partial charge in [-0.3, -0.25) is 0 Å². The molecule has 0 radical (unpaired) electrons. The van der Waals surface area contributed by atoms with Crippen LogP contribution in [0.4, 0.5) is 5.69 Å². The highest BCUT2D eigenvalue weighted by Crippen LogP contribution is 2.26. The summed E-state index contributed by atoms with van der Waals surface area (Å²) in [5.41, 5.74) is 2.51. The van der Waals surface area contributed by atoms with Crippen molar-refractivity contribution in [2.45, 2.75) is 38.0 Å². The van der Waals surface area contributed by atoms with Gasteiger partial charge in [0.2, 0.25) is 0 Å². The summed E-state index contributed by atoms with van der Waals surface area (Å²) >= 11 is 5.80. The Balaban J connectivity index is 1.91. The fourth-order valence-corrected chi connectivity index (χ4v) is 2.88. The minimum atomic E-state index is 0.604. The number of hydrogen-bond acceptors (Lipinski definition) is 1. The van der Waals surface area contributed by atoms with Crippen molar-refractivity contribution in [2.75, 3.05) is 18.5 Å². The smallest absolute Gasteiger partial charge is 0.0474 e. The third kappa shape index (κ3) is 3.64. The third-order valence-electron chi connectivity index (χ3n) is 3.79. The van der Waals surface area contributed by atoms with E-state index < -0.39 is 0 Å². The quantitative estimate of drug-likeness (QED) is 0.715. The Kier molecular flexibility index (Phi) is 4.73. The Hall–Kier alpha value is -0.690. The number of hydrogen-bond donors (Lipinski definition) is 0. The van der Waals surface area contributed by atoms with Crippen LogP contribution in [0.15, 0.2) is 24.3 Å². The van der Waals surface area contributed by atoms with Crippen molar-refractivity contribution in [2.24, 2.45) is 5.92 Å². The van der Waals surface area contributed by atoms with Crippen LogP contribution in [0.25, 0.3) is 0 Å². The standard InChI is InChI=1S/C15H22ClN/c1-17(12-14-5-3-2-4-6-14)15-9-7-13(11-16)8-10-15/h7-10,14H,2-6,11-12H2,1H3. The monoisotopic (exact) mass is 251 g/mol. The van der Waals surface area contributed by atoms with Crippen LogP contribution in [0.3, 0.4) is 0 Å². The maximum Gasteiger partial charge on any atom is 0.0474 e. The van der Waals surface area contributed by atoms with Crippen LogP contribution < -0.4 is 4.90 Å². The molecule has 0 unspecified atom stereocenters. The number of benzene rings is 1. The molecular formula is C15H22ClN. The minimum Gasteiger partial charge on any atom is -0.374 e. The summed E-state index contributed by atoms with van der Waals surface area (Å²) in [6, 6.07) is 8.61. The molecule has 0 heterocycles. The second kappa shape index (κ2) is 6.30. The summed E-state index contributed by atoms with van der Waals surface area (Å²) in [5, 5.41) is 0. The minimum absolute atomic E-state index is 0.604. The second-order valence-electron chi connectivity index (χ2n) is 5.18. The summed E-state index contributed by atoms with van der Waals surface area (Å²) in [6.07, 6.45) is 7.09. The van der Waals surface area contributed by atoms with Crippen LogP contribution >= 0.6 is 11.6 Å². The predicted molar refractivity (Wildman–Crippen MR) is 75.8 cm³/mol. The van der Waals surface area contributed by atoms with Crippen LogP contribution in [-0.4, -0.2) is 13.6 Å². The van der Waals surface area contributed by atoms with Gasteiger partial charge in [0.05, 0.1) is 0 Å². The summed E-state index contributed by atoms with van der Waals surface area (Å²) in [6.45, 7) is 1.19. The molecule has 0 aliphatic heterocycles. The van der Waals surface area contributed by atoms with Gasteiger partial charge in [-0.15, -0.1) is 11.6 Å². The lowest BCUT2D eigenvalue weighted by molar-refractivity contribution is 0.362. The molecule has 1 aromatic carbocycles. The van der Waals surface area contributed by atoms with Crippen molar-refractivity contribution in [3.8, 4) is 0 Å². The van der Waals surface area contributed by atoms with Crippen molar-refractivity contribution in [1.82, 2.24) is 0 Å². The first-order valence-electron chi connectivity index (χ1n) is 6.65. The van der Waals surface area contributed by atoms with Gasteiger partial charge in [-0.05, 0) is 36.5 Å². The van der Waals surface area contributed by atoms with Gasteiger partial charge < -0.3 is 4.90 Å². The maximum atomic E-state index is 5.80. The first kappa shape index (κ1) is 12.8. The summed E-state index contributed by atoms with van der Waals surface area (Å²) in [5.74, 6) is 1.49. The van der Waals surface area contributed by atoms with E-state index in [1.807, 2.05) is 0 Å². The number of rotatable bonds is 4. The fourth-order valence-electron chi connectivity index (χ4n) is 2.70. The SMILES string of the molecule is CN(CC1CCCCC1)c1ccc(CCl)cc1. The first-order chi connectivity index (χ1) is 8.29. The Morgan fingerprint density at radius 1 is 1.12 bits per heavy atom. The Morgan fingerprint density at radius 3 is 2.35 bits per heavy atom.